The Bertz CT molecular complexity index is 494. The Hall–Kier alpha value is -1.62. The van der Waals surface area contributed by atoms with Crippen molar-refractivity contribution in [2.24, 2.45) is 0 Å². The van der Waals surface area contributed by atoms with Crippen LogP contribution in [0.1, 0.15) is 19.2 Å². The lowest BCUT2D eigenvalue weighted by molar-refractivity contribution is 0.745. The maximum absolute atomic E-state index is 6.10. The van der Waals surface area contributed by atoms with Crippen LogP contribution in [-0.4, -0.2) is 20.2 Å². The molecule has 2 rings (SSSR count). The van der Waals surface area contributed by atoms with Gasteiger partial charge in [-0.1, -0.05) is 18.5 Å². The molecule has 0 aliphatic heterocycles. The zero-order chi connectivity index (χ0) is 11.5. The highest BCUT2D eigenvalue weighted by Gasteiger charge is 2.10. The molecule has 0 saturated carbocycles. The average molecular weight is 238 g/mol. The van der Waals surface area contributed by atoms with Crippen molar-refractivity contribution in [3.05, 3.63) is 29.0 Å². The minimum Gasteiger partial charge on any atom is -0.399 e. The molecule has 0 aliphatic rings. The van der Waals surface area contributed by atoms with Crippen LogP contribution in [0.4, 0.5) is 5.69 Å². The highest BCUT2D eigenvalue weighted by Crippen LogP contribution is 2.23. The van der Waals surface area contributed by atoms with Crippen LogP contribution >= 0.6 is 11.6 Å². The molecule has 5 nitrogen and oxygen atoms in total. The van der Waals surface area contributed by atoms with E-state index in [4.69, 9.17) is 17.3 Å². The molecule has 0 bridgehead atoms. The van der Waals surface area contributed by atoms with Crippen molar-refractivity contribution in [1.29, 1.82) is 0 Å². The molecule has 0 atom stereocenters. The lowest BCUT2D eigenvalue weighted by atomic mass is 10.2. The summed E-state index contributed by atoms with van der Waals surface area (Å²) >= 11 is 6.10. The van der Waals surface area contributed by atoms with E-state index in [1.54, 1.807) is 16.8 Å². The smallest absolute Gasteiger partial charge is 0.156 e. The highest BCUT2D eigenvalue weighted by molar-refractivity contribution is 6.32. The molecule has 0 radical (unpaired) electrons. The molecular weight excluding hydrogens is 226 g/mol. The first-order chi connectivity index (χ1) is 7.72. The molecule has 1 heterocycles. The second kappa shape index (κ2) is 4.49. The maximum atomic E-state index is 6.10. The van der Waals surface area contributed by atoms with E-state index in [2.05, 4.69) is 22.4 Å². The van der Waals surface area contributed by atoms with Crippen molar-refractivity contribution < 1.29 is 0 Å². The molecule has 0 aliphatic carbocycles. The minimum absolute atomic E-state index is 0.546. The van der Waals surface area contributed by atoms with E-state index in [1.165, 1.54) is 0 Å². The van der Waals surface area contributed by atoms with Crippen LogP contribution in [0.25, 0.3) is 5.69 Å². The molecule has 0 unspecified atom stereocenters. The standard InChI is InChI=1S/C10H12ClN5/c1-2-3-10-13-14-15-16(10)9-5-4-7(12)6-8(9)11/h4-6H,2-3,12H2,1H3. The Morgan fingerprint density at radius 1 is 1.44 bits per heavy atom. The SMILES string of the molecule is CCCc1nnnn1-c1ccc(N)cc1Cl. The average Bonchev–Trinajstić information content (AvgIpc) is 2.67. The number of hydrogen-bond donors (Lipinski definition) is 1. The zero-order valence-corrected chi connectivity index (χ0v) is 9.65. The van der Waals surface area contributed by atoms with Gasteiger partial charge >= 0.3 is 0 Å². The van der Waals surface area contributed by atoms with E-state index in [9.17, 15) is 0 Å². The molecule has 0 fully saturated rings. The topological polar surface area (TPSA) is 69.6 Å². The minimum atomic E-state index is 0.546. The van der Waals surface area contributed by atoms with Gasteiger partial charge in [-0.15, -0.1) is 5.10 Å². The Labute approximate surface area is 98.2 Å². The third-order valence-corrected chi connectivity index (χ3v) is 2.51. The number of benzene rings is 1. The van der Waals surface area contributed by atoms with Crippen molar-refractivity contribution in [1.82, 2.24) is 20.2 Å². The van der Waals surface area contributed by atoms with E-state index in [1.807, 2.05) is 6.07 Å². The Kier molecular flexibility index (Phi) is 3.05. The van der Waals surface area contributed by atoms with E-state index >= 15 is 0 Å². The Morgan fingerprint density at radius 3 is 2.94 bits per heavy atom. The molecule has 2 aromatic rings. The Morgan fingerprint density at radius 2 is 2.25 bits per heavy atom. The normalized spacial score (nSPS) is 10.6. The summed E-state index contributed by atoms with van der Waals surface area (Å²) in [4.78, 5) is 0. The van der Waals surface area contributed by atoms with Crippen molar-refractivity contribution in [3.63, 3.8) is 0 Å². The van der Waals surface area contributed by atoms with Crippen molar-refractivity contribution in [3.8, 4) is 5.69 Å². The van der Waals surface area contributed by atoms with Gasteiger partial charge in [0.1, 0.15) is 0 Å². The van der Waals surface area contributed by atoms with Gasteiger partial charge in [-0.05, 0) is 35.0 Å². The van der Waals surface area contributed by atoms with Crippen LogP contribution in [0, 0.1) is 0 Å². The predicted molar refractivity (Wildman–Crippen MR) is 62.6 cm³/mol. The van der Waals surface area contributed by atoms with E-state index in [0.717, 1.165) is 24.4 Å². The van der Waals surface area contributed by atoms with E-state index in [-0.39, 0.29) is 0 Å². The molecular formula is C10H12ClN5. The zero-order valence-electron chi connectivity index (χ0n) is 8.89. The summed E-state index contributed by atoms with van der Waals surface area (Å²) in [5.41, 5.74) is 7.01. The van der Waals surface area contributed by atoms with Crippen molar-refractivity contribution in [2.45, 2.75) is 19.8 Å². The molecule has 0 saturated heterocycles. The lowest BCUT2D eigenvalue weighted by Crippen LogP contribution is -2.04. The number of halogens is 1. The number of nitrogens with zero attached hydrogens (tertiary/aromatic N) is 4. The summed E-state index contributed by atoms with van der Waals surface area (Å²) in [6.45, 7) is 2.07. The summed E-state index contributed by atoms with van der Waals surface area (Å²) in [5, 5.41) is 12.1. The van der Waals surface area contributed by atoms with Crippen molar-refractivity contribution >= 4 is 17.3 Å². The van der Waals surface area contributed by atoms with Crippen molar-refractivity contribution in [2.75, 3.05) is 5.73 Å². The predicted octanol–water partition coefficient (Wildman–Crippen LogP) is 1.85. The lowest BCUT2D eigenvalue weighted by Gasteiger charge is -2.06. The van der Waals surface area contributed by atoms with Gasteiger partial charge in [0.15, 0.2) is 5.82 Å². The van der Waals surface area contributed by atoms with Gasteiger partial charge in [0, 0.05) is 12.1 Å². The van der Waals surface area contributed by atoms with Gasteiger partial charge in [-0.3, -0.25) is 0 Å². The third kappa shape index (κ3) is 1.99. The molecule has 6 heteroatoms. The summed E-state index contributed by atoms with van der Waals surface area (Å²) in [6.07, 6.45) is 1.79. The molecule has 84 valence electrons. The summed E-state index contributed by atoms with van der Waals surface area (Å²) in [6, 6.07) is 5.28. The number of aryl methyl sites for hydroxylation is 1. The molecule has 0 spiro atoms. The molecule has 2 N–H and O–H groups in total. The number of hydrogen-bond acceptors (Lipinski definition) is 4. The molecule has 0 amide bonds. The number of tetrazole rings is 1. The second-order valence-electron chi connectivity index (χ2n) is 3.47. The number of anilines is 1. The quantitative estimate of drug-likeness (QED) is 0.828. The largest absolute Gasteiger partial charge is 0.399 e. The van der Waals surface area contributed by atoms with Gasteiger partial charge in [0.25, 0.3) is 0 Å². The van der Waals surface area contributed by atoms with Gasteiger partial charge in [-0.25, -0.2) is 0 Å². The fraction of sp³-hybridized carbons (Fsp3) is 0.300. The molecule has 16 heavy (non-hydrogen) atoms. The van der Waals surface area contributed by atoms with Gasteiger partial charge in [0.2, 0.25) is 0 Å². The number of aromatic nitrogens is 4. The second-order valence-corrected chi connectivity index (χ2v) is 3.87. The third-order valence-electron chi connectivity index (χ3n) is 2.21. The van der Waals surface area contributed by atoms with Crippen LogP contribution in [0.15, 0.2) is 18.2 Å². The number of nitrogen functional groups attached to an aromatic ring is 1. The van der Waals surface area contributed by atoms with Gasteiger partial charge in [-0.2, -0.15) is 4.68 Å². The Balaban J connectivity index is 2.46. The van der Waals surface area contributed by atoms with Crippen LogP contribution in [0.2, 0.25) is 5.02 Å². The summed E-state index contributed by atoms with van der Waals surface area (Å²) in [7, 11) is 0. The van der Waals surface area contributed by atoms with E-state index in [0.29, 0.717) is 10.7 Å². The summed E-state index contributed by atoms with van der Waals surface area (Å²) in [5.74, 6) is 0.800. The first-order valence-electron chi connectivity index (χ1n) is 5.05. The highest BCUT2D eigenvalue weighted by atomic mass is 35.5. The summed E-state index contributed by atoms with van der Waals surface area (Å²) < 4.78 is 1.64. The maximum Gasteiger partial charge on any atom is 0.156 e. The number of rotatable bonds is 3. The van der Waals surface area contributed by atoms with Crippen LogP contribution in [0.3, 0.4) is 0 Å². The molecule has 1 aromatic carbocycles. The fourth-order valence-electron chi connectivity index (χ4n) is 1.47. The number of nitrogens with two attached hydrogens (primary N) is 1. The first kappa shape index (κ1) is 10.9. The molecule has 1 aromatic heterocycles. The van der Waals surface area contributed by atoms with Gasteiger partial charge in [0.05, 0.1) is 10.7 Å². The first-order valence-corrected chi connectivity index (χ1v) is 5.43. The van der Waals surface area contributed by atoms with Crippen LogP contribution < -0.4 is 5.73 Å². The van der Waals surface area contributed by atoms with E-state index < -0.39 is 0 Å². The van der Waals surface area contributed by atoms with Gasteiger partial charge < -0.3 is 5.73 Å². The monoisotopic (exact) mass is 237 g/mol. The van der Waals surface area contributed by atoms with Crippen LogP contribution in [-0.2, 0) is 6.42 Å². The fourth-order valence-corrected chi connectivity index (χ4v) is 1.74. The van der Waals surface area contributed by atoms with Crippen LogP contribution in [0.5, 0.6) is 0 Å².